The zero-order chi connectivity index (χ0) is 14.3. The van der Waals surface area contributed by atoms with Crippen LogP contribution in [-0.4, -0.2) is 31.6 Å². The second-order valence-electron chi connectivity index (χ2n) is 4.48. The highest BCUT2D eigenvalue weighted by Gasteiger charge is 2.19. The highest BCUT2D eigenvalue weighted by Crippen LogP contribution is 2.29. The topological polar surface area (TPSA) is 94.0 Å². The number of hydrogen-bond acceptors (Lipinski definition) is 5. The molecule has 6 nitrogen and oxygen atoms in total. The van der Waals surface area contributed by atoms with Gasteiger partial charge in [-0.1, -0.05) is 44.9 Å². The first-order valence-corrected chi connectivity index (χ1v) is 7.63. The zero-order valence-electron chi connectivity index (χ0n) is 11.5. The molecule has 3 N–H and O–H groups in total. The second kappa shape index (κ2) is 8.04. The van der Waals surface area contributed by atoms with Gasteiger partial charge in [0.25, 0.3) is 0 Å². The second-order valence-corrected chi connectivity index (χ2v) is 5.42. The van der Waals surface area contributed by atoms with E-state index < -0.39 is 5.97 Å². The molecule has 0 bridgehead atoms. The first kappa shape index (κ1) is 15.8. The van der Waals surface area contributed by atoms with Crippen LogP contribution < -0.4 is 5.73 Å². The van der Waals surface area contributed by atoms with Crippen molar-refractivity contribution in [1.29, 1.82) is 0 Å². The summed E-state index contributed by atoms with van der Waals surface area (Å²) in [6, 6.07) is 0.260. The normalized spacial score (nSPS) is 12.5. The van der Waals surface area contributed by atoms with Crippen LogP contribution >= 0.6 is 11.8 Å². The van der Waals surface area contributed by atoms with Gasteiger partial charge in [-0.3, -0.25) is 9.36 Å². The molecule has 1 aromatic heterocycles. The van der Waals surface area contributed by atoms with Gasteiger partial charge in [0.2, 0.25) is 5.95 Å². The van der Waals surface area contributed by atoms with Crippen LogP contribution in [0.4, 0.5) is 5.95 Å². The van der Waals surface area contributed by atoms with Crippen molar-refractivity contribution in [2.75, 3.05) is 11.5 Å². The Kier molecular flexibility index (Phi) is 6.69. The fourth-order valence-corrected chi connectivity index (χ4v) is 2.76. The molecule has 0 amide bonds. The zero-order valence-corrected chi connectivity index (χ0v) is 12.3. The minimum absolute atomic E-state index is 0.0231. The van der Waals surface area contributed by atoms with Gasteiger partial charge in [0.1, 0.15) is 0 Å². The van der Waals surface area contributed by atoms with E-state index in [1.54, 1.807) is 0 Å². The molecule has 0 aliphatic heterocycles. The molecule has 0 fully saturated rings. The molecule has 0 aromatic carbocycles. The number of carboxylic acids is 1. The number of carboxylic acid groups (broad SMARTS) is 1. The summed E-state index contributed by atoms with van der Waals surface area (Å²) in [5.74, 6) is -0.508. The number of nitrogens with zero attached hydrogens (tertiary/aromatic N) is 3. The van der Waals surface area contributed by atoms with E-state index in [0.717, 1.165) is 32.1 Å². The van der Waals surface area contributed by atoms with Crippen molar-refractivity contribution in [3.8, 4) is 0 Å². The smallest absolute Gasteiger partial charge is 0.313 e. The Morgan fingerprint density at radius 3 is 2.68 bits per heavy atom. The lowest BCUT2D eigenvalue weighted by Gasteiger charge is -2.20. The van der Waals surface area contributed by atoms with Crippen molar-refractivity contribution in [1.82, 2.24) is 14.8 Å². The van der Waals surface area contributed by atoms with Crippen LogP contribution in [0.2, 0.25) is 0 Å². The highest BCUT2D eigenvalue weighted by molar-refractivity contribution is 7.99. The van der Waals surface area contributed by atoms with E-state index in [-0.39, 0.29) is 11.8 Å². The fourth-order valence-electron chi connectivity index (χ4n) is 2.03. The maximum absolute atomic E-state index is 10.6. The van der Waals surface area contributed by atoms with Crippen molar-refractivity contribution in [2.45, 2.75) is 57.1 Å². The molecule has 108 valence electrons. The predicted octanol–water partition coefficient (Wildman–Crippen LogP) is 2.57. The van der Waals surface area contributed by atoms with Crippen molar-refractivity contribution in [3.05, 3.63) is 0 Å². The van der Waals surface area contributed by atoms with Crippen molar-refractivity contribution >= 4 is 23.7 Å². The maximum Gasteiger partial charge on any atom is 0.313 e. The number of rotatable bonds is 9. The summed E-state index contributed by atoms with van der Waals surface area (Å²) in [6.07, 6.45) is 5.32. The van der Waals surface area contributed by atoms with Crippen LogP contribution in [0.15, 0.2) is 5.16 Å². The Morgan fingerprint density at radius 2 is 2.11 bits per heavy atom. The third-order valence-corrected chi connectivity index (χ3v) is 3.82. The Morgan fingerprint density at radius 1 is 1.37 bits per heavy atom. The summed E-state index contributed by atoms with van der Waals surface area (Å²) >= 11 is 1.17. The van der Waals surface area contributed by atoms with E-state index in [2.05, 4.69) is 24.0 Å². The van der Waals surface area contributed by atoms with Gasteiger partial charge in [-0.2, -0.15) is 0 Å². The third kappa shape index (κ3) is 4.74. The van der Waals surface area contributed by atoms with Crippen LogP contribution in [-0.2, 0) is 4.79 Å². The molecule has 1 unspecified atom stereocenters. The van der Waals surface area contributed by atoms with E-state index in [0.29, 0.717) is 11.1 Å². The minimum Gasteiger partial charge on any atom is -0.481 e. The van der Waals surface area contributed by atoms with E-state index in [1.807, 2.05) is 4.57 Å². The lowest BCUT2D eigenvalue weighted by atomic mass is 10.1. The van der Waals surface area contributed by atoms with Crippen LogP contribution in [0.3, 0.4) is 0 Å². The average Bonchev–Trinajstić information content (AvgIpc) is 2.73. The number of nitrogen functional groups attached to an aromatic ring is 1. The van der Waals surface area contributed by atoms with Crippen molar-refractivity contribution in [2.24, 2.45) is 0 Å². The Hall–Kier alpha value is -1.24. The molecule has 7 heteroatoms. The number of carbonyl (C=O) groups is 1. The quantitative estimate of drug-likeness (QED) is 0.678. The summed E-state index contributed by atoms with van der Waals surface area (Å²) in [5, 5.41) is 17.2. The molecular formula is C12H22N4O2S. The third-order valence-electron chi connectivity index (χ3n) is 2.89. The molecule has 0 saturated carbocycles. The number of hydrogen-bond donors (Lipinski definition) is 2. The largest absolute Gasteiger partial charge is 0.481 e. The number of aliphatic carboxylic acids is 1. The number of thioether (sulfide) groups is 1. The lowest BCUT2D eigenvalue weighted by Crippen LogP contribution is -2.14. The molecule has 1 rings (SSSR count). The molecule has 1 atom stereocenters. The molecular weight excluding hydrogens is 264 g/mol. The van der Waals surface area contributed by atoms with Crippen molar-refractivity contribution < 1.29 is 9.90 Å². The minimum atomic E-state index is -0.862. The van der Waals surface area contributed by atoms with Gasteiger partial charge in [-0.15, -0.1) is 10.2 Å². The Bertz CT molecular complexity index is 408. The SMILES string of the molecule is CCCCC(CCC)n1c(N)nnc1SCC(=O)O. The fraction of sp³-hybridized carbons (Fsp3) is 0.750. The molecule has 0 spiro atoms. The first-order valence-electron chi connectivity index (χ1n) is 6.65. The Balaban J connectivity index is 2.86. The van der Waals surface area contributed by atoms with Gasteiger partial charge >= 0.3 is 5.97 Å². The van der Waals surface area contributed by atoms with Crippen molar-refractivity contribution in [3.63, 3.8) is 0 Å². The number of unbranched alkanes of at least 4 members (excludes halogenated alkanes) is 1. The summed E-state index contributed by atoms with van der Waals surface area (Å²) in [5.41, 5.74) is 5.88. The van der Waals surface area contributed by atoms with Gasteiger partial charge in [0.05, 0.1) is 5.75 Å². The van der Waals surface area contributed by atoms with E-state index in [4.69, 9.17) is 10.8 Å². The van der Waals surface area contributed by atoms with E-state index in [9.17, 15) is 4.79 Å². The predicted molar refractivity (Wildman–Crippen MR) is 76.3 cm³/mol. The maximum atomic E-state index is 10.6. The molecule has 1 aromatic rings. The van der Waals surface area contributed by atoms with E-state index >= 15 is 0 Å². The number of anilines is 1. The van der Waals surface area contributed by atoms with Crippen LogP contribution in [0.5, 0.6) is 0 Å². The highest BCUT2D eigenvalue weighted by atomic mass is 32.2. The summed E-state index contributed by atoms with van der Waals surface area (Å²) in [7, 11) is 0. The van der Waals surface area contributed by atoms with Gasteiger partial charge in [-0.05, 0) is 12.8 Å². The van der Waals surface area contributed by atoms with Crippen LogP contribution in [0.25, 0.3) is 0 Å². The lowest BCUT2D eigenvalue weighted by molar-refractivity contribution is -0.133. The molecule has 1 heterocycles. The number of nitrogens with two attached hydrogens (primary N) is 1. The molecule has 19 heavy (non-hydrogen) atoms. The summed E-state index contributed by atoms with van der Waals surface area (Å²) in [6.45, 7) is 4.28. The summed E-state index contributed by atoms with van der Waals surface area (Å²) in [4.78, 5) is 10.6. The molecule has 0 aliphatic rings. The van der Waals surface area contributed by atoms with Gasteiger partial charge in [-0.25, -0.2) is 0 Å². The molecule has 0 saturated heterocycles. The van der Waals surface area contributed by atoms with Gasteiger partial charge < -0.3 is 10.8 Å². The average molecular weight is 286 g/mol. The van der Waals surface area contributed by atoms with Crippen LogP contribution in [0, 0.1) is 0 Å². The first-order chi connectivity index (χ1) is 9.10. The Labute approximate surface area is 117 Å². The van der Waals surface area contributed by atoms with Crippen LogP contribution in [0.1, 0.15) is 52.0 Å². The standard InChI is InChI=1S/C12H22N4O2S/c1-3-5-7-9(6-4-2)16-11(13)14-15-12(16)19-8-10(17)18/h9H,3-8H2,1-2H3,(H2,13,14)(H,17,18). The molecule has 0 aliphatic carbocycles. The van der Waals surface area contributed by atoms with E-state index in [1.165, 1.54) is 11.8 Å². The van der Waals surface area contributed by atoms with Gasteiger partial charge in [0.15, 0.2) is 5.16 Å². The summed E-state index contributed by atoms with van der Waals surface area (Å²) < 4.78 is 1.90. The number of aromatic nitrogens is 3. The molecule has 0 radical (unpaired) electrons. The van der Waals surface area contributed by atoms with Gasteiger partial charge in [0, 0.05) is 6.04 Å². The monoisotopic (exact) mass is 286 g/mol.